The third-order valence-electron chi connectivity index (χ3n) is 3.43. The van der Waals surface area contributed by atoms with Gasteiger partial charge in [-0.15, -0.1) is 0 Å². The second-order valence-corrected chi connectivity index (χ2v) is 6.24. The number of benzene rings is 1. The molecule has 0 radical (unpaired) electrons. The van der Waals surface area contributed by atoms with Crippen LogP contribution in [0.1, 0.15) is 31.9 Å². The summed E-state index contributed by atoms with van der Waals surface area (Å²) in [5, 5.41) is 0. The van der Waals surface area contributed by atoms with Gasteiger partial charge in [0.2, 0.25) is 0 Å². The average molecular weight is 313 g/mol. The van der Waals surface area contributed by atoms with E-state index in [1.54, 1.807) is 0 Å². The number of fused-ring (bicyclic) bond motifs is 1. The van der Waals surface area contributed by atoms with Gasteiger partial charge >= 0.3 is 0 Å². The Bertz CT molecular complexity index is 429. The van der Waals surface area contributed by atoms with E-state index in [-0.39, 0.29) is 18.3 Å². The summed E-state index contributed by atoms with van der Waals surface area (Å²) in [4.78, 5) is 0. The van der Waals surface area contributed by atoms with E-state index in [0.29, 0.717) is 6.61 Å². The summed E-state index contributed by atoms with van der Waals surface area (Å²) >= 11 is 3.44. The Labute approximate surface area is 116 Å². The van der Waals surface area contributed by atoms with Gasteiger partial charge in [-0.1, -0.05) is 28.1 Å². The predicted octanol–water partition coefficient (Wildman–Crippen LogP) is 3.43. The van der Waals surface area contributed by atoms with Gasteiger partial charge in [-0.2, -0.15) is 0 Å². The fourth-order valence-electron chi connectivity index (χ4n) is 2.65. The van der Waals surface area contributed by atoms with E-state index in [9.17, 15) is 0 Å². The Kier molecular flexibility index (Phi) is 3.22. The van der Waals surface area contributed by atoms with Crippen molar-refractivity contribution in [2.75, 3.05) is 6.61 Å². The highest BCUT2D eigenvalue weighted by Crippen LogP contribution is 2.38. The number of halogens is 1. The molecule has 0 bridgehead atoms. The minimum atomic E-state index is -0.479. The molecule has 2 aliphatic heterocycles. The lowest BCUT2D eigenvalue weighted by Crippen LogP contribution is -2.35. The number of hydrogen-bond acceptors (Lipinski definition) is 3. The van der Waals surface area contributed by atoms with Crippen LogP contribution < -0.4 is 0 Å². The lowest BCUT2D eigenvalue weighted by Gasteiger charge is -2.30. The molecule has 2 aliphatic rings. The van der Waals surface area contributed by atoms with E-state index in [1.165, 1.54) is 5.56 Å². The van der Waals surface area contributed by atoms with E-state index < -0.39 is 5.79 Å². The molecule has 0 aromatic heterocycles. The van der Waals surface area contributed by atoms with Crippen LogP contribution in [0.5, 0.6) is 0 Å². The van der Waals surface area contributed by atoms with Crippen molar-refractivity contribution >= 4 is 15.9 Å². The molecule has 0 amide bonds. The molecule has 0 aliphatic carbocycles. The van der Waals surface area contributed by atoms with Gasteiger partial charge in [-0.3, -0.25) is 0 Å². The van der Waals surface area contributed by atoms with E-state index in [1.807, 2.05) is 26.0 Å². The molecule has 98 valence electrons. The molecule has 3 nitrogen and oxygen atoms in total. The number of hydrogen-bond donors (Lipinski definition) is 0. The maximum Gasteiger partial charge on any atom is 0.163 e. The topological polar surface area (TPSA) is 27.7 Å². The second-order valence-electron chi connectivity index (χ2n) is 5.32. The molecular formula is C14H17BrO3. The van der Waals surface area contributed by atoms with Crippen molar-refractivity contribution in [3.63, 3.8) is 0 Å². The van der Waals surface area contributed by atoms with Gasteiger partial charge in [-0.05, 0) is 31.5 Å². The summed E-state index contributed by atoms with van der Waals surface area (Å²) in [5.41, 5.74) is 1.20. The summed E-state index contributed by atoms with van der Waals surface area (Å²) < 4.78 is 18.7. The molecule has 3 rings (SSSR count). The van der Waals surface area contributed by atoms with Crippen molar-refractivity contribution in [1.82, 2.24) is 0 Å². The third kappa shape index (κ3) is 2.48. The van der Waals surface area contributed by atoms with Gasteiger partial charge in [0.15, 0.2) is 5.79 Å². The van der Waals surface area contributed by atoms with Crippen LogP contribution in [0.4, 0.5) is 0 Å². The van der Waals surface area contributed by atoms with Crippen molar-refractivity contribution in [2.45, 2.75) is 44.4 Å². The molecule has 4 heteroatoms. The molecule has 1 aromatic carbocycles. The van der Waals surface area contributed by atoms with E-state index in [2.05, 4.69) is 28.1 Å². The van der Waals surface area contributed by atoms with Crippen LogP contribution in [0, 0.1) is 0 Å². The highest BCUT2D eigenvalue weighted by molar-refractivity contribution is 9.10. The SMILES string of the molecule is CC1(C)O[C@H]2CO[C@@H](c3ccc(Br)cc3)C[C@H]2O1. The Hall–Kier alpha value is -0.420. The zero-order chi connectivity index (χ0) is 12.8. The minimum Gasteiger partial charge on any atom is -0.371 e. The third-order valence-corrected chi connectivity index (χ3v) is 3.96. The summed E-state index contributed by atoms with van der Waals surface area (Å²) in [6.07, 6.45) is 1.18. The molecular weight excluding hydrogens is 296 g/mol. The van der Waals surface area contributed by atoms with Gasteiger partial charge in [0.05, 0.1) is 18.8 Å². The number of rotatable bonds is 1. The van der Waals surface area contributed by atoms with E-state index in [4.69, 9.17) is 14.2 Å². The first-order valence-corrected chi connectivity index (χ1v) is 7.05. The van der Waals surface area contributed by atoms with Crippen LogP contribution in [0.3, 0.4) is 0 Å². The molecule has 2 saturated heterocycles. The monoisotopic (exact) mass is 312 g/mol. The van der Waals surface area contributed by atoms with Crippen LogP contribution in [-0.2, 0) is 14.2 Å². The van der Waals surface area contributed by atoms with Crippen molar-refractivity contribution in [3.05, 3.63) is 34.3 Å². The van der Waals surface area contributed by atoms with Crippen LogP contribution in [0.25, 0.3) is 0 Å². The highest BCUT2D eigenvalue weighted by Gasteiger charge is 2.45. The van der Waals surface area contributed by atoms with Crippen molar-refractivity contribution in [3.8, 4) is 0 Å². The maximum atomic E-state index is 5.92. The molecule has 2 heterocycles. The predicted molar refractivity (Wildman–Crippen MR) is 71.3 cm³/mol. The van der Waals surface area contributed by atoms with Gasteiger partial charge in [-0.25, -0.2) is 0 Å². The first-order chi connectivity index (χ1) is 8.53. The average Bonchev–Trinajstić information content (AvgIpc) is 2.62. The van der Waals surface area contributed by atoms with Crippen molar-refractivity contribution in [2.24, 2.45) is 0 Å². The minimum absolute atomic E-state index is 0.0756. The van der Waals surface area contributed by atoms with E-state index >= 15 is 0 Å². The zero-order valence-corrected chi connectivity index (χ0v) is 12.1. The number of ether oxygens (including phenoxy) is 3. The van der Waals surface area contributed by atoms with Gasteiger partial charge in [0.1, 0.15) is 6.10 Å². The normalized spacial score (nSPS) is 34.3. The van der Waals surface area contributed by atoms with Gasteiger partial charge in [0.25, 0.3) is 0 Å². The molecule has 1 aromatic rings. The Balaban J connectivity index is 1.72. The zero-order valence-electron chi connectivity index (χ0n) is 10.6. The lowest BCUT2D eigenvalue weighted by atomic mass is 9.98. The fraction of sp³-hybridized carbons (Fsp3) is 0.571. The fourth-order valence-corrected chi connectivity index (χ4v) is 2.91. The van der Waals surface area contributed by atoms with E-state index in [0.717, 1.165) is 10.9 Å². The summed E-state index contributed by atoms with van der Waals surface area (Å²) in [6, 6.07) is 8.27. The summed E-state index contributed by atoms with van der Waals surface area (Å²) in [5.74, 6) is -0.479. The standard InChI is InChI=1S/C14H17BrO3/c1-14(2)17-12-7-11(16-8-13(12)18-14)9-3-5-10(15)6-4-9/h3-6,11-13H,7-8H2,1-2H3/t11-,12-,13+/m1/s1. The highest BCUT2D eigenvalue weighted by atomic mass is 79.9. The Morgan fingerprint density at radius 2 is 1.78 bits per heavy atom. The first-order valence-electron chi connectivity index (χ1n) is 6.26. The van der Waals surface area contributed by atoms with Crippen molar-refractivity contribution in [1.29, 1.82) is 0 Å². The molecule has 2 fully saturated rings. The van der Waals surface area contributed by atoms with Crippen LogP contribution in [0.15, 0.2) is 28.7 Å². The van der Waals surface area contributed by atoms with Crippen LogP contribution in [0.2, 0.25) is 0 Å². The van der Waals surface area contributed by atoms with Crippen molar-refractivity contribution < 1.29 is 14.2 Å². The first kappa shape index (κ1) is 12.6. The quantitative estimate of drug-likeness (QED) is 0.795. The molecule has 3 atom stereocenters. The Morgan fingerprint density at radius 3 is 2.50 bits per heavy atom. The molecule has 0 N–H and O–H groups in total. The largest absolute Gasteiger partial charge is 0.371 e. The summed E-state index contributed by atoms with van der Waals surface area (Å²) in [6.45, 7) is 4.52. The molecule has 0 spiro atoms. The van der Waals surface area contributed by atoms with Crippen LogP contribution >= 0.6 is 15.9 Å². The maximum absolute atomic E-state index is 5.92. The smallest absolute Gasteiger partial charge is 0.163 e. The lowest BCUT2D eigenvalue weighted by molar-refractivity contribution is -0.146. The van der Waals surface area contributed by atoms with Gasteiger partial charge < -0.3 is 14.2 Å². The Morgan fingerprint density at radius 1 is 1.11 bits per heavy atom. The molecule has 18 heavy (non-hydrogen) atoms. The summed E-state index contributed by atoms with van der Waals surface area (Å²) in [7, 11) is 0. The second kappa shape index (κ2) is 4.60. The molecule has 0 saturated carbocycles. The van der Waals surface area contributed by atoms with Crippen LogP contribution in [-0.4, -0.2) is 24.6 Å². The molecule has 0 unspecified atom stereocenters. The van der Waals surface area contributed by atoms with Gasteiger partial charge in [0, 0.05) is 10.9 Å².